The standard InChI is InChI=1S/C20H31N3O2S2/c1-7-8-9-10-13(4)21-16(24)11-26-20-22-18-17(14(5)15(6)27-18)19(25)23(20)12(2)3/h12-13H,7-11H2,1-6H3,(H,21,24)/t13-/m1/s1. The van der Waals surface area contributed by atoms with E-state index < -0.39 is 0 Å². The summed E-state index contributed by atoms with van der Waals surface area (Å²) in [6.07, 6.45) is 4.50. The number of hydrogen-bond donors (Lipinski definition) is 1. The van der Waals surface area contributed by atoms with Gasteiger partial charge in [0.1, 0.15) is 4.83 Å². The SMILES string of the molecule is CCCCC[C@@H](C)NC(=O)CSc1nc2sc(C)c(C)c2c(=O)n1C(C)C. The molecule has 0 saturated heterocycles. The Bertz CT molecular complexity index is 855. The number of rotatable bonds is 9. The number of aromatic nitrogens is 2. The summed E-state index contributed by atoms with van der Waals surface area (Å²) in [5.41, 5.74) is 1.00. The lowest BCUT2D eigenvalue weighted by molar-refractivity contribution is -0.119. The molecular weight excluding hydrogens is 378 g/mol. The van der Waals surface area contributed by atoms with Crippen LogP contribution in [-0.4, -0.2) is 27.3 Å². The third-order valence-electron chi connectivity index (χ3n) is 4.70. The van der Waals surface area contributed by atoms with Gasteiger partial charge in [0.05, 0.1) is 11.1 Å². The van der Waals surface area contributed by atoms with E-state index in [0.717, 1.165) is 28.1 Å². The van der Waals surface area contributed by atoms with Gasteiger partial charge in [0.25, 0.3) is 5.56 Å². The zero-order chi connectivity index (χ0) is 20.1. The minimum absolute atomic E-state index is 0.00677. The van der Waals surface area contributed by atoms with Crippen LogP contribution in [0.1, 0.15) is 69.9 Å². The molecule has 1 atom stereocenters. The first-order valence-corrected chi connectivity index (χ1v) is 11.5. The van der Waals surface area contributed by atoms with Gasteiger partial charge in [0.15, 0.2) is 5.16 Å². The average molecular weight is 410 g/mol. The fourth-order valence-corrected chi connectivity index (χ4v) is 5.07. The summed E-state index contributed by atoms with van der Waals surface area (Å²) in [5.74, 6) is 0.263. The Balaban J connectivity index is 2.15. The van der Waals surface area contributed by atoms with Crippen LogP contribution in [-0.2, 0) is 4.79 Å². The van der Waals surface area contributed by atoms with Crippen molar-refractivity contribution in [2.45, 2.75) is 84.5 Å². The number of amides is 1. The highest BCUT2D eigenvalue weighted by molar-refractivity contribution is 7.99. The fraction of sp³-hybridized carbons (Fsp3) is 0.650. The normalized spacial score (nSPS) is 12.7. The van der Waals surface area contributed by atoms with E-state index in [1.807, 2.05) is 34.6 Å². The molecule has 27 heavy (non-hydrogen) atoms. The summed E-state index contributed by atoms with van der Waals surface area (Å²) in [7, 11) is 0. The van der Waals surface area contributed by atoms with E-state index in [1.54, 1.807) is 15.9 Å². The van der Waals surface area contributed by atoms with Crippen LogP contribution in [0.4, 0.5) is 0 Å². The average Bonchev–Trinajstić information content (AvgIpc) is 2.87. The molecule has 2 aromatic heterocycles. The molecule has 0 fully saturated rings. The van der Waals surface area contributed by atoms with Crippen LogP contribution in [0.5, 0.6) is 0 Å². The van der Waals surface area contributed by atoms with E-state index in [4.69, 9.17) is 4.98 Å². The first-order chi connectivity index (χ1) is 12.8. The van der Waals surface area contributed by atoms with Crippen molar-refractivity contribution in [3.05, 3.63) is 20.8 Å². The topological polar surface area (TPSA) is 64.0 Å². The third kappa shape index (κ3) is 5.35. The maximum atomic E-state index is 13.0. The number of nitrogens with one attached hydrogen (secondary N) is 1. The van der Waals surface area contributed by atoms with Gasteiger partial charge >= 0.3 is 0 Å². The molecule has 0 spiro atoms. The van der Waals surface area contributed by atoms with Gasteiger partial charge < -0.3 is 5.32 Å². The number of fused-ring (bicyclic) bond motifs is 1. The van der Waals surface area contributed by atoms with Crippen molar-refractivity contribution in [2.24, 2.45) is 0 Å². The zero-order valence-electron chi connectivity index (χ0n) is 17.2. The van der Waals surface area contributed by atoms with Crippen LogP contribution >= 0.6 is 23.1 Å². The Morgan fingerprint density at radius 2 is 1.96 bits per heavy atom. The maximum Gasteiger partial charge on any atom is 0.263 e. The van der Waals surface area contributed by atoms with E-state index >= 15 is 0 Å². The minimum atomic E-state index is -0.00723. The van der Waals surface area contributed by atoms with Gasteiger partial charge in [-0.2, -0.15) is 0 Å². The number of unbranched alkanes of at least 4 members (excludes halogenated alkanes) is 2. The Morgan fingerprint density at radius 3 is 2.59 bits per heavy atom. The lowest BCUT2D eigenvalue weighted by Crippen LogP contribution is -2.34. The fourth-order valence-electron chi connectivity index (χ4n) is 3.06. The summed E-state index contributed by atoms with van der Waals surface area (Å²) in [5, 5.41) is 4.39. The quantitative estimate of drug-likeness (QED) is 0.366. The highest BCUT2D eigenvalue weighted by Gasteiger charge is 2.19. The van der Waals surface area contributed by atoms with E-state index in [0.29, 0.717) is 10.5 Å². The van der Waals surface area contributed by atoms with E-state index in [1.165, 1.54) is 24.6 Å². The largest absolute Gasteiger partial charge is 0.353 e. The summed E-state index contributed by atoms with van der Waals surface area (Å²) >= 11 is 2.89. The van der Waals surface area contributed by atoms with E-state index in [9.17, 15) is 9.59 Å². The van der Waals surface area contributed by atoms with Crippen LogP contribution in [0.15, 0.2) is 9.95 Å². The molecule has 0 bridgehead atoms. The summed E-state index contributed by atoms with van der Waals surface area (Å²) < 4.78 is 1.71. The number of hydrogen-bond acceptors (Lipinski definition) is 5. The molecule has 0 aliphatic rings. The van der Waals surface area contributed by atoms with Gasteiger partial charge in [-0.25, -0.2) is 4.98 Å². The zero-order valence-corrected chi connectivity index (χ0v) is 18.9. The molecule has 0 aliphatic heterocycles. The van der Waals surface area contributed by atoms with Gasteiger partial charge in [-0.15, -0.1) is 11.3 Å². The van der Waals surface area contributed by atoms with Crippen molar-refractivity contribution in [2.75, 3.05) is 5.75 Å². The van der Waals surface area contributed by atoms with Crippen LogP contribution in [0.3, 0.4) is 0 Å². The molecule has 150 valence electrons. The number of thioether (sulfide) groups is 1. The summed E-state index contributed by atoms with van der Waals surface area (Å²) in [6, 6.07) is 0.169. The van der Waals surface area contributed by atoms with Gasteiger partial charge in [-0.3, -0.25) is 14.2 Å². The molecular formula is C20H31N3O2S2. The predicted octanol–water partition coefficient (Wildman–Crippen LogP) is 4.83. The van der Waals surface area contributed by atoms with Crippen LogP contribution < -0.4 is 10.9 Å². The Kier molecular flexibility index (Phi) is 7.91. The van der Waals surface area contributed by atoms with Gasteiger partial charge in [-0.1, -0.05) is 37.9 Å². The Labute approximate surface area is 170 Å². The van der Waals surface area contributed by atoms with Crippen LogP contribution in [0, 0.1) is 13.8 Å². The van der Waals surface area contributed by atoms with E-state index in [2.05, 4.69) is 12.2 Å². The third-order valence-corrected chi connectivity index (χ3v) is 6.75. The molecule has 1 N–H and O–H groups in total. The van der Waals surface area contributed by atoms with Gasteiger partial charge in [-0.05, 0) is 46.6 Å². The van der Waals surface area contributed by atoms with Gasteiger partial charge in [0.2, 0.25) is 5.91 Å². The molecule has 1 amide bonds. The molecule has 0 saturated carbocycles. The monoisotopic (exact) mass is 409 g/mol. The van der Waals surface area contributed by atoms with Crippen molar-refractivity contribution < 1.29 is 4.79 Å². The highest BCUT2D eigenvalue weighted by Crippen LogP contribution is 2.29. The first-order valence-electron chi connectivity index (χ1n) is 9.70. The minimum Gasteiger partial charge on any atom is -0.353 e. The lowest BCUT2D eigenvalue weighted by atomic mass is 10.1. The molecule has 2 heterocycles. The number of carbonyl (C=O) groups is 1. The summed E-state index contributed by atoms with van der Waals surface area (Å²) in [6.45, 7) is 12.2. The van der Waals surface area contributed by atoms with Crippen molar-refractivity contribution in [3.63, 3.8) is 0 Å². The molecule has 0 aliphatic carbocycles. The second-order valence-corrected chi connectivity index (χ2v) is 9.53. The highest BCUT2D eigenvalue weighted by atomic mass is 32.2. The van der Waals surface area contributed by atoms with Crippen molar-refractivity contribution >= 4 is 39.2 Å². The molecule has 5 nitrogen and oxygen atoms in total. The number of carbonyl (C=O) groups excluding carboxylic acids is 1. The second-order valence-electron chi connectivity index (χ2n) is 7.38. The van der Waals surface area contributed by atoms with Crippen LogP contribution in [0.25, 0.3) is 10.2 Å². The van der Waals surface area contributed by atoms with Gasteiger partial charge in [0, 0.05) is 17.0 Å². The maximum absolute atomic E-state index is 13.0. The molecule has 2 rings (SSSR count). The molecule has 2 aromatic rings. The summed E-state index contributed by atoms with van der Waals surface area (Å²) in [4.78, 5) is 31.9. The number of thiophene rings is 1. The molecule has 7 heteroatoms. The molecule has 0 aromatic carbocycles. The predicted molar refractivity (Wildman–Crippen MR) is 116 cm³/mol. The molecule has 0 radical (unpaired) electrons. The Hall–Kier alpha value is -1.34. The lowest BCUT2D eigenvalue weighted by Gasteiger charge is -2.16. The second kappa shape index (κ2) is 9.73. The first kappa shape index (κ1) is 22.0. The Morgan fingerprint density at radius 1 is 1.26 bits per heavy atom. The number of nitrogens with zero attached hydrogens (tertiary/aromatic N) is 2. The smallest absolute Gasteiger partial charge is 0.263 e. The van der Waals surface area contributed by atoms with Crippen molar-refractivity contribution in [3.8, 4) is 0 Å². The van der Waals surface area contributed by atoms with Crippen LogP contribution in [0.2, 0.25) is 0 Å². The number of aryl methyl sites for hydroxylation is 2. The molecule has 0 unspecified atom stereocenters. The van der Waals surface area contributed by atoms with Crippen molar-refractivity contribution in [1.82, 2.24) is 14.9 Å². The van der Waals surface area contributed by atoms with E-state index in [-0.39, 0.29) is 29.3 Å². The van der Waals surface area contributed by atoms with Crippen molar-refractivity contribution in [1.29, 1.82) is 0 Å².